The van der Waals surface area contributed by atoms with Crippen molar-refractivity contribution in [3.63, 3.8) is 0 Å². The smallest absolute Gasteiger partial charge is 0.243 e. The molecule has 2 aromatic heterocycles. The van der Waals surface area contributed by atoms with E-state index in [0.29, 0.717) is 12.6 Å². The van der Waals surface area contributed by atoms with Gasteiger partial charge in [0, 0.05) is 26.0 Å². The van der Waals surface area contributed by atoms with Crippen molar-refractivity contribution < 1.29 is 4.74 Å². The minimum atomic E-state index is -0.0838. The van der Waals surface area contributed by atoms with Gasteiger partial charge in [-0.3, -0.25) is 0 Å². The zero-order valence-electron chi connectivity index (χ0n) is 13.3. The van der Waals surface area contributed by atoms with Crippen LogP contribution in [0.25, 0.3) is 0 Å². The summed E-state index contributed by atoms with van der Waals surface area (Å²) in [5.41, 5.74) is 1.98. The van der Waals surface area contributed by atoms with E-state index in [2.05, 4.69) is 39.3 Å². The second-order valence-electron chi connectivity index (χ2n) is 5.46. The van der Waals surface area contributed by atoms with Crippen LogP contribution in [0.15, 0.2) is 12.4 Å². The fourth-order valence-corrected chi connectivity index (χ4v) is 2.81. The number of imidazole rings is 1. The van der Waals surface area contributed by atoms with Gasteiger partial charge < -0.3 is 14.6 Å². The summed E-state index contributed by atoms with van der Waals surface area (Å²) in [6.45, 7) is 4.86. The molecular formula is C15H22N6O. The summed E-state index contributed by atoms with van der Waals surface area (Å²) in [6.07, 6.45) is 6.25. The van der Waals surface area contributed by atoms with Gasteiger partial charge >= 0.3 is 0 Å². The topological polar surface area (TPSA) is 77.8 Å². The highest BCUT2D eigenvalue weighted by Gasteiger charge is 2.33. The van der Waals surface area contributed by atoms with Gasteiger partial charge in [0.05, 0.1) is 17.4 Å². The molecule has 1 aliphatic heterocycles. The molecule has 1 N–H and O–H groups in total. The summed E-state index contributed by atoms with van der Waals surface area (Å²) in [6, 6.07) is 0.111. The van der Waals surface area contributed by atoms with Gasteiger partial charge in [0.2, 0.25) is 5.95 Å². The monoisotopic (exact) mass is 302 g/mol. The van der Waals surface area contributed by atoms with Crippen LogP contribution in [0, 0.1) is 0 Å². The second-order valence-corrected chi connectivity index (χ2v) is 5.46. The average molecular weight is 302 g/mol. The maximum atomic E-state index is 5.84. The molecule has 118 valence electrons. The van der Waals surface area contributed by atoms with Crippen LogP contribution >= 0.6 is 0 Å². The first-order chi connectivity index (χ1) is 10.7. The normalized spacial score (nSPS) is 21.2. The average Bonchev–Trinajstić information content (AvgIpc) is 3.15. The Labute approximate surface area is 130 Å². The minimum Gasteiger partial charge on any atom is -0.368 e. The van der Waals surface area contributed by atoms with E-state index in [4.69, 9.17) is 4.74 Å². The third kappa shape index (κ3) is 2.81. The number of hydrogen-bond acceptors (Lipinski definition) is 6. The molecule has 3 heterocycles. The highest BCUT2D eigenvalue weighted by Crippen LogP contribution is 2.29. The van der Waals surface area contributed by atoms with Crippen molar-refractivity contribution in [1.82, 2.24) is 24.7 Å². The Morgan fingerprint density at radius 1 is 1.27 bits per heavy atom. The number of nitrogens with one attached hydrogen (secondary N) is 1. The first kappa shape index (κ1) is 14.9. The van der Waals surface area contributed by atoms with Crippen molar-refractivity contribution in [1.29, 1.82) is 0 Å². The first-order valence-corrected chi connectivity index (χ1v) is 7.80. The molecule has 7 heteroatoms. The molecule has 0 bridgehead atoms. The van der Waals surface area contributed by atoms with Gasteiger partial charge in [-0.2, -0.15) is 5.10 Å². The number of aromatic nitrogens is 5. The number of ether oxygens (including phenoxy) is 1. The van der Waals surface area contributed by atoms with Crippen molar-refractivity contribution in [2.24, 2.45) is 7.05 Å². The Balaban J connectivity index is 1.79. The van der Waals surface area contributed by atoms with Gasteiger partial charge in [0.1, 0.15) is 11.9 Å². The Kier molecular flexibility index (Phi) is 4.33. The SMILES string of the molecule is CCc1nnc(N[C@H]2CCO[C@@H]2c2nccn2C)nc1CC. The van der Waals surface area contributed by atoms with Crippen LogP contribution in [0.5, 0.6) is 0 Å². The molecule has 3 rings (SSSR count). The zero-order chi connectivity index (χ0) is 15.5. The van der Waals surface area contributed by atoms with Crippen molar-refractivity contribution in [2.45, 2.75) is 45.3 Å². The third-order valence-electron chi connectivity index (χ3n) is 4.03. The van der Waals surface area contributed by atoms with Crippen LogP contribution in [-0.4, -0.2) is 37.4 Å². The van der Waals surface area contributed by atoms with Crippen LogP contribution in [-0.2, 0) is 24.6 Å². The van der Waals surface area contributed by atoms with E-state index in [0.717, 1.165) is 36.5 Å². The van der Waals surface area contributed by atoms with E-state index in [-0.39, 0.29) is 12.1 Å². The van der Waals surface area contributed by atoms with Crippen LogP contribution in [0.2, 0.25) is 0 Å². The molecule has 2 aromatic rings. The highest BCUT2D eigenvalue weighted by atomic mass is 16.5. The number of aryl methyl sites for hydroxylation is 3. The van der Waals surface area contributed by atoms with Crippen molar-refractivity contribution in [2.75, 3.05) is 11.9 Å². The van der Waals surface area contributed by atoms with Gasteiger partial charge in [-0.1, -0.05) is 13.8 Å². The third-order valence-corrected chi connectivity index (χ3v) is 4.03. The summed E-state index contributed by atoms with van der Waals surface area (Å²) in [4.78, 5) is 8.99. The summed E-state index contributed by atoms with van der Waals surface area (Å²) >= 11 is 0. The maximum Gasteiger partial charge on any atom is 0.243 e. The zero-order valence-corrected chi connectivity index (χ0v) is 13.3. The molecule has 0 aliphatic carbocycles. The van der Waals surface area contributed by atoms with Crippen LogP contribution < -0.4 is 5.32 Å². The van der Waals surface area contributed by atoms with E-state index in [9.17, 15) is 0 Å². The summed E-state index contributed by atoms with van der Waals surface area (Å²) < 4.78 is 7.83. The molecule has 1 aliphatic rings. The molecule has 22 heavy (non-hydrogen) atoms. The Hall–Kier alpha value is -2.02. The largest absolute Gasteiger partial charge is 0.368 e. The Bertz CT molecular complexity index is 641. The number of anilines is 1. The maximum absolute atomic E-state index is 5.84. The lowest BCUT2D eigenvalue weighted by Crippen LogP contribution is -2.26. The number of nitrogens with zero attached hydrogens (tertiary/aromatic N) is 5. The lowest BCUT2D eigenvalue weighted by molar-refractivity contribution is 0.0982. The fraction of sp³-hybridized carbons (Fsp3) is 0.600. The van der Waals surface area contributed by atoms with E-state index in [1.54, 1.807) is 6.20 Å². The van der Waals surface area contributed by atoms with E-state index in [1.807, 2.05) is 17.8 Å². The molecule has 2 atom stereocenters. The van der Waals surface area contributed by atoms with E-state index < -0.39 is 0 Å². The lowest BCUT2D eigenvalue weighted by atomic mass is 10.1. The Morgan fingerprint density at radius 2 is 2.09 bits per heavy atom. The second kappa shape index (κ2) is 6.39. The molecule has 0 spiro atoms. The Morgan fingerprint density at radius 3 is 2.77 bits per heavy atom. The van der Waals surface area contributed by atoms with Gasteiger partial charge in [-0.05, 0) is 19.3 Å². The van der Waals surface area contributed by atoms with Crippen molar-refractivity contribution >= 4 is 5.95 Å². The molecule has 0 radical (unpaired) electrons. The summed E-state index contributed by atoms with van der Waals surface area (Å²) in [5.74, 6) is 1.49. The van der Waals surface area contributed by atoms with Crippen LogP contribution in [0.1, 0.15) is 43.6 Å². The standard InChI is InChI=1S/C15H22N6O/c1-4-10-11(5-2)19-20-15(17-10)18-12-6-9-22-13(12)14-16-7-8-21(14)3/h7-8,12-13H,4-6,9H2,1-3H3,(H,17,18,20)/t12-,13-/m0/s1. The van der Waals surface area contributed by atoms with Crippen LogP contribution in [0.4, 0.5) is 5.95 Å². The van der Waals surface area contributed by atoms with Gasteiger partial charge in [0.15, 0.2) is 0 Å². The summed E-state index contributed by atoms with van der Waals surface area (Å²) in [5, 5.41) is 11.9. The highest BCUT2D eigenvalue weighted by molar-refractivity contribution is 5.29. The quantitative estimate of drug-likeness (QED) is 0.905. The molecule has 0 aromatic carbocycles. The van der Waals surface area contributed by atoms with Crippen molar-refractivity contribution in [3.8, 4) is 0 Å². The van der Waals surface area contributed by atoms with Gasteiger partial charge in [-0.15, -0.1) is 5.10 Å². The molecular weight excluding hydrogens is 280 g/mol. The molecule has 1 fully saturated rings. The first-order valence-electron chi connectivity index (χ1n) is 7.80. The minimum absolute atomic E-state index is 0.0838. The molecule has 0 amide bonds. The molecule has 7 nitrogen and oxygen atoms in total. The number of rotatable bonds is 5. The fourth-order valence-electron chi connectivity index (χ4n) is 2.81. The van der Waals surface area contributed by atoms with E-state index in [1.165, 1.54) is 0 Å². The summed E-state index contributed by atoms with van der Waals surface area (Å²) in [7, 11) is 1.98. The predicted molar refractivity (Wildman–Crippen MR) is 82.5 cm³/mol. The lowest BCUT2D eigenvalue weighted by Gasteiger charge is -2.19. The molecule has 0 unspecified atom stereocenters. The molecule has 0 saturated carbocycles. The number of hydrogen-bond donors (Lipinski definition) is 1. The van der Waals surface area contributed by atoms with Gasteiger partial charge in [-0.25, -0.2) is 9.97 Å². The van der Waals surface area contributed by atoms with Crippen LogP contribution in [0.3, 0.4) is 0 Å². The van der Waals surface area contributed by atoms with Crippen molar-refractivity contribution in [3.05, 3.63) is 29.6 Å². The van der Waals surface area contributed by atoms with E-state index >= 15 is 0 Å². The predicted octanol–water partition coefficient (Wildman–Crippen LogP) is 1.67. The van der Waals surface area contributed by atoms with Gasteiger partial charge in [0.25, 0.3) is 0 Å². The molecule has 1 saturated heterocycles.